The maximum Gasteiger partial charge on any atom is 0.336 e. The smallest absolute Gasteiger partial charge is 0.336 e. The summed E-state index contributed by atoms with van der Waals surface area (Å²) in [7, 11) is -3.85. The number of aromatic carboxylic acids is 1. The number of sulfonamides is 1. The molecular formula is C29H34Cl3N5O4S. The van der Waals surface area contributed by atoms with Gasteiger partial charge in [0.1, 0.15) is 11.6 Å². The highest BCUT2D eigenvalue weighted by molar-refractivity contribution is 7.92. The summed E-state index contributed by atoms with van der Waals surface area (Å²) < 4.78 is 28.6. The van der Waals surface area contributed by atoms with E-state index in [9.17, 15) is 18.3 Å². The molecule has 1 fully saturated rings. The van der Waals surface area contributed by atoms with E-state index >= 15 is 0 Å². The number of fused-ring (bicyclic) bond motifs is 1. The van der Waals surface area contributed by atoms with Crippen LogP contribution in [0.15, 0.2) is 77.8 Å². The Labute approximate surface area is 264 Å². The van der Waals surface area contributed by atoms with Crippen molar-refractivity contribution in [3.8, 4) is 0 Å². The first-order valence-electron chi connectivity index (χ1n) is 12.9. The number of carboxylic acid groups (broad SMARTS) is 1. The molecule has 0 radical (unpaired) electrons. The molecule has 5 rings (SSSR count). The van der Waals surface area contributed by atoms with Gasteiger partial charge >= 0.3 is 5.97 Å². The van der Waals surface area contributed by atoms with Crippen molar-refractivity contribution < 1.29 is 18.3 Å². The van der Waals surface area contributed by atoms with Gasteiger partial charge in [-0.2, -0.15) is 0 Å². The lowest BCUT2D eigenvalue weighted by atomic mass is 10.0. The highest BCUT2D eigenvalue weighted by atomic mass is 35.5. The Hall–Kier alpha value is -3.31. The average Bonchev–Trinajstić information content (AvgIpc) is 2.93. The zero-order chi connectivity index (χ0) is 27.6. The second-order valence-electron chi connectivity index (χ2n) is 10.1. The molecule has 42 heavy (non-hydrogen) atoms. The van der Waals surface area contributed by atoms with Gasteiger partial charge in [0.15, 0.2) is 0 Å². The van der Waals surface area contributed by atoms with Crippen LogP contribution in [0.5, 0.6) is 0 Å². The van der Waals surface area contributed by atoms with Gasteiger partial charge in [0.2, 0.25) is 0 Å². The van der Waals surface area contributed by atoms with Crippen molar-refractivity contribution >= 4 is 81.4 Å². The molecule has 0 bridgehead atoms. The van der Waals surface area contributed by atoms with Crippen LogP contribution in [0.3, 0.4) is 0 Å². The summed E-state index contributed by atoms with van der Waals surface area (Å²) in [6.45, 7) is 7.03. The van der Waals surface area contributed by atoms with Crippen LogP contribution in [-0.4, -0.2) is 55.6 Å². The quantitative estimate of drug-likeness (QED) is 0.241. The lowest BCUT2D eigenvalue weighted by molar-refractivity contribution is 0.0699. The molecule has 9 nitrogen and oxygen atoms in total. The molecule has 0 spiro atoms. The Balaban J connectivity index is 0.00000205. The first-order chi connectivity index (χ1) is 18.7. The fourth-order valence-corrected chi connectivity index (χ4v) is 5.86. The summed E-state index contributed by atoms with van der Waals surface area (Å²) in [5.41, 5.74) is 1.90. The number of halogens is 3. The van der Waals surface area contributed by atoms with E-state index in [0.717, 1.165) is 30.9 Å². The molecule has 13 heteroatoms. The van der Waals surface area contributed by atoms with E-state index in [2.05, 4.69) is 33.4 Å². The summed E-state index contributed by atoms with van der Waals surface area (Å²) in [5, 5.41) is 10.4. The van der Waals surface area contributed by atoms with Crippen molar-refractivity contribution in [2.45, 2.75) is 25.2 Å². The number of aromatic nitrogens is 2. The van der Waals surface area contributed by atoms with Crippen molar-refractivity contribution in [3.05, 3.63) is 84.1 Å². The number of carboxylic acids is 1. The molecule has 0 amide bonds. The van der Waals surface area contributed by atoms with E-state index in [-0.39, 0.29) is 53.4 Å². The maximum absolute atomic E-state index is 13.0. The average molecular weight is 655 g/mol. The number of piperazine rings is 1. The number of benzene rings is 2. The van der Waals surface area contributed by atoms with Crippen LogP contribution < -0.4 is 14.5 Å². The summed E-state index contributed by atoms with van der Waals surface area (Å²) >= 11 is 0. The second-order valence-corrected chi connectivity index (χ2v) is 11.8. The van der Waals surface area contributed by atoms with Crippen molar-refractivity contribution in [1.29, 1.82) is 0 Å². The number of anilines is 3. The third kappa shape index (κ3) is 7.95. The van der Waals surface area contributed by atoms with E-state index in [1.807, 2.05) is 30.3 Å². The standard InChI is InChI=1S/C29H31N5O4S.3ClH/c1-20(2)17-21-6-9-23(10-7-21)39(37,38)32-22-8-11-26-24(18-22)25(29(35)36)19-28(31-26)34-15-13-33(14-16-34)27-5-3-4-12-30-27;;;/h3-12,18-20,32H,13-17H2,1-2H3,(H,35,36);3*1H. The highest BCUT2D eigenvalue weighted by Crippen LogP contribution is 2.28. The van der Waals surface area contributed by atoms with E-state index in [0.29, 0.717) is 35.7 Å². The molecule has 1 aliphatic rings. The van der Waals surface area contributed by atoms with Gasteiger partial charge in [-0.05, 0) is 66.4 Å². The molecule has 4 aromatic rings. The van der Waals surface area contributed by atoms with Gasteiger partial charge in [-0.25, -0.2) is 23.2 Å². The molecule has 0 atom stereocenters. The fraction of sp³-hybridized carbons (Fsp3) is 0.276. The first-order valence-corrected chi connectivity index (χ1v) is 14.4. The van der Waals surface area contributed by atoms with E-state index in [1.54, 1.807) is 36.5 Å². The highest BCUT2D eigenvalue weighted by Gasteiger charge is 2.22. The molecule has 2 aromatic carbocycles. The summed E-state index contributed by atoms with van der Waals surface area (Å²) in [4.78, 5) is 25.7. The van der Waals surface area contributed by atoms with Crippen LogP contribution >= 0.6 is 37.2 Å². The normalized spacial score (nSPS) is 13.1. The molecular weight excluding hydrogens is 621 g/mol. The van der Waals surface area contributed by atoms with Gasteiger partial charge < -0.3 is 14.9 Å². The molecule has 1 saturated heterocycles. The van der Waals surface area contributed by atoms with Crippen molar-refractivity contribution in [1.82, 2.24) is 9.97 Å². The van der Waals surface area contributed by atoms with Crippen LogP contribution in [-0.2, 0) is 16.4 Å². The minimum Gasteiger partial charge on any atom is -0.478 e. The van der Waals surface area contributed by atoms with Gasteiger partial charge in [0.05, 0.1) is 16.0 Å². The summed E-state index contributed by atoms with van der Waals surface area (Å²) in [6.07, 6.45) is 2.63. The van der Waals surface area contributed by atoms with Crippen molar-refractivity contribution in [3.63, 3.8) is 0 Å². The van der Waals surface area contributed by atoms with Gasteiger partial charge in [-0.15, -0.1) is 37.2 Å². The monoisotopic (exact) mass is 653 g/mol. The van der Waals surface area contributed by atoms with Gasteiger partial charge in [0.25, 0.3) is 10.0 Å². The lowest BCUT2D eigenvalue weighted by Crippen LogP contribution is -2.47. The molecule has 0 unspecified atom stereocenters. The minimum atomic E-state index is -3.85. The van der Waals surface area contributed by atoms with Crippen LogP contribution in [0, 0.1) is 5.92 Å². The molecule has 1 aliphatic heterocycles. The molecule has 3 heterocycles. The van der Waals surface area contributed by atoms with E-state index in [1.165, 1.54) is 6.07 Å². The molecule has 2 aromatic heterocycles. The Morgan fingerprint density at radius 2 is 1.55 bits per heavy atom. The number of hydrogen-bond donors (Lipinski definition) is 2. The predicted molar refractivity (Wildman–Crippen MR) is 175 cm³/mol. The van der Waals surface area contributed by atoms with Crippen molar-refractivity contribution in [2.75, 3.05) is 40.7 Å². The Morgan fingerprint density at radius 3 is 2.12 bits per heavy atom. The van der Waals surface area contributed by atoms with Gasteiger partial charge in [0, 0.05) is 43.4 Å². The third-order valence-electron chi connectivity index (χ3n) is 6.73. The molecule has 2 N–H and O–H groups in total. The van der Waals surface area contributed by atoms with E-state index in [4.69, 9.17) is 4.98 Å². The van der Waals surface area contributed by atoms with Crippen LogP contribution in [0.2, 0.25) is 0 Å². The van der Waals surface area contributed by atoms with Crippen LogP contribution in [0.25, 0.3) is 10.9 Å². The SMILES string of the molecule is CC(C)Cc1ccc(S(=O)(=O)Nc2ccc3nc(N4CCN(c5ccccn5)CC4)cc(C(=O)O)c3c2)cc1.Cl.Cl.Cl. The third-order valence-corrected chi connectivity index (χ3v) is 8.13. The Bertz CT molecular complexity index is 1600. The number of pyridine rings is 2. The first kappa shape index (κ1) is 34.9. The summed E-state index contributed by atoms with van der Waals surface area (Å²) in [5.74, 6) is 0.861. The van der Waals surface area contributed by atoms with Crippen molar-refractivity contribution in [2.24, 2.45) is 5.92 Å². The zero-order valence-electron chi connectivity index (χ0n) is 23.1. The van der Waals surface area contributed by atoms with Gasteiger partial charge in [-0.1, -0.05) is 32.0 Å². The summed E-state index contributed by atoms with van der Waals surface area (Å²) in [6, 6.07) is 19.0. The minimum absolute atomic E-state index is 0. The Kier molecular flexibility index (Phi) is 12.2. The van der Waals surface area contributed by atoms with Gasteiger partial charge in [-0.3, -0.25) is 4.72 Å². The largest absolute Gasteiger partial charge is 0.478 e. The Morgan fingerprint density at radius 1 is 0.905 bits per heavy atom. The lowest BCUT2D eigenvalue weighted by Gasteiger charge is -2.36. The number of rotatable bonds is 8. The van der Waals surface area contributed by atoms with Crippen LogP contribution in [0.1, 0.15) is 29.8 Å². The topological polar surface area (TPSA) is 116 Å². The fourth-order valence-electron chi connectivity index (χ4n) is 4.81. The molecule has 0 saturated carbocycles. The number of hydrogen-bond acceptors (Lipinski definition) is 7. The molecule has 0 aliphatic carbocycles. The molecule has 226 valence electrons. The predicted octanol–water partition coefficient (Wildman–Crippen LogP) is 5.92. The zero-order valence-corrected chi connectivity index (χ0v) is 26.4. The van der Waals surface area contributed by atoms with Crippen LogP contribution in [0.4, 0.5) is 17.3 Å². The number of carbonyl (C=O) groups is 1. The maximum atomic E-state index is 13.0. The number of nitrogens with zero attached hydrogens (tertiary/aromatic N) is 4. The second kappa shape index (κ2) is 14.7. The number of nitrogens with one attached hydrogen (secondary N) is 1. The van der Waals surface area contributed by atoms with E-state index < -0.39 is 16.0 Å².